The van der Waals surface area contributed by atoms with Gasteiger partial charge >= 0.3 is 0 Å². The maximum Gasteiger partial charge on any atom is 0.212 e. The van der Waals surface area contributed by atoms with E-state index in [0.29, 0.717) is 16.2 Å². The normalized spacial score (nSPS) is 17.5. The average molecular weight is 1080 g/mol. The fourth-order valence-electron chi connectivity index (χ4n) is 16.6. The van der Waals surface area contributed by atoms with Gasteiger partial charge in [0.2, 0.25) is 17.1 Å². The summed E-state index contributed by atoms with van der Waals surface area (Å²) in [7, 11) is 6.50. The number of fused-ring (bicyclic) bond motifs is 4. The quantitative estimate of drug-likeness (QED) is 0.147. The Bertz CT molecular complexity index is 3840. The minimum Gasteiger partial charge on any atom is -0.200 e. The molecule has 3 saturated carbocycles. The van der Waals surface area contributed by atoms with E-state index >= 15 is 0 Å². The molecule has 414 valence electrons. The van der Waals surface area contributed by atoms with Crippen LogP contribution in [-0.4, -0.2) is 0 Å². The van der Waals surface area contributed by atoms with Crippen molar-refractivity contribution in [2.75, 3.05) is 0 Å². The number of rotatable bonds is 6. The number of pyridine rings is 3. The summed E-state index contributed by atoms with van der Waals surface area (Å²) in [5, 5.41) is 0. The molecule has 0 radical (unpaired) electrons. The van der Waals surface area contributed by atoms with Crippen LogP contribution in [0.3, 0.4) is 0 Å². The van der Waals surface area contributed by atoms with Gasteiger partial charge in [0.05, 0.1) is 0 Å². The lowest BCUT2D eigenvalue weighted by molar-refractivity contribution is -0.660. The van der Waals surface area contributed by atoms with Crippen LogP contribution >= 0.6 is 0 Å². The first-order chi connectivity index (χ1) is 39.9. The number of aryl methyl sites for hydroxylation is 7. The van der Waals surface area contributed by atoms with E-state index in [1.165, 1.54) is 206 Å². The Labute approximate surface area is 490 Å². The topological polar surface area (TPSA) is 11.6 Å². The molecular formula is C79H86N3+3. The van der Waals surface area contributed by atoms with Crippen LogP contribution in [0.4, 0.5) is 0 Å². The zero-order valence-corrected chi connectivity index (χ0v) is 50.1. The molecule has 0 aliphatic heterocycles. The molecule has 6 aromatic carbocycles. The number of aromatic nitrogens is 3. The van der Waals surface area contributed by atoms with Gasteiger partial charge in [-0.1, -0.05) is 154 Å². The lowest BCUT2D eigenvalue weighted by Crippen LogP contribution is -2.31. The second-order valence-corrected chi connectivity index (χ2v) is 26.4. The van der Waals surface area contributed by atoms with Gasteiger partial charge in [-0.05, 0) is 217 Å². The van der Waals surface area contributed by atoms with Gasteiger partial charge in [-0.3, -0.25) is 0 Å². The van der Waals surface area contributed by atoms with Crippen molar-refractivity contribution in [3.05, 3.63) is 232 Å². The first-order valence-corrected chi connectivity index (χ1v) is 31.5. The van der Waals surface area contributed by atoms with Crippen LogP contribution in [-0.2, 0) is 58.7 Å². The molecule has 0 amide bonds. The van der Waals surface area contributed by atoms with Gasteiger partial charge in [0.15, 0.2) is 18.6 Å². The van der Waals surface area contributed by atoms with Gasteiger partial charge < -0.3 is 0 Å². The second kappa shape index (κ2) is 22.5. The molecule has 3 nitrogen and oxygen atoms in total. The summed E-state index contributed by atoms with van der Waals surface area (Å²) >= 11 is 0. The van der Waals surface area contributed by atoms with Crippen molar-refractivity contribution >= 4 is 0 Å². The highest BCUT2D eigenvalue weighted by Gasteiger charge is 2.42. The Morgan fingerprint density at radius 1 is 0.317 bits per heavy atom. The molecule has 0 N–H and O–H groups in total. The van der Waals surface area contributed by atoms with Crippen LogP contribution in [0.15, 0.2) is 182 Å². The number of benzene rings is 6. The zero-order chi connectivity index (χ0) is 56.0. The predicted octanol–water partition coefficient (Wildman–Crippen LogP) is 17.9. The van der Waals surface area contributed by atoms with Crippen LogP contribution in [0.25, 0.3) is 67.2 Å². The summed E-state index contributed by atoms with van der Waals surface area (Å²) in [5.41, 5.74) is 31.2. The van der Waals surface area contributed by atoms with Gasteiger partial charge in [-0.15, -0.1) is 0 Å². The van der Waals surface area contributed by atoms with E-state index in [0.717, 1.165) is 0 Å². The molecule has 9 aromatic rings. The van der Waals surface area contributed by atoms with E-state index in [1.54, 1.807) is 33.4 Å². The third-order valence-electron chi connectivity index (χ3n) is 21.1. The van der Waals surface area contributed by atoms with Crippen molar-refractivity contribution in [2.24, 2.45) is 32.0 Å². The van der Waals surface area contributed by atoms with Gasteiger partial charge in [-0.25, -0.2) is 13.7 Å². The molecule has 0 unspecified atom stereocenters. The molecule has 0 atom stereocenters. The zero-order valence-electron chi connectivity index (χ0n) is 50.1. The fraction of sp³-hybridized carbons (Fsp3) is 0.354. The molecule has 3 aromatic heterocycles. The Hall–Kier alpha value is -7.23. The maximum atomic E-state index is 2.51. The highest BCUT2D eigenvalue weighted by atomic mass is 14.9. The van der Waals surface area contributed by atoms with Crippen LogP contribution < -0.4 is 13.7 Å². The molecule has 3 fully saturated rings. The first kappa shape index (κ1) is 54.0. The van der Waals surface area contributed by atoms with E-state index in [4.69, 9.17) is 0 Å². The van der Waals surface area contributed by atoms with Crippen molar-refractivity contribution in [1.82, 2.24) is 0 Å². The molecule has 0 saturated heterocycles. The minimum absolute atomic E-state index is 0.495. The molecule has 3 spiro atoms. The number of hydrogen-bond donors (Lipinski definition) is 0. The summed E-state index contributed by atoms with van der Waals surface area (Å²) in [6.45, 7) is 6.56. The largest absolute Gasteiger partial charge is 0.212 e. The van der Waals surface area contributed by atoms with Crippen molar-refractivity contribution in [3.63, 3.8) is 0 Å². The fourth-order valence-corrected chi connectivity index (χ4v) is 16.6. The van der Waals surface area contributed by atoms with Gasteiger partial charge in [0.1, 0.15) is 21.1 Å². The Kier molecular flexibility index (Phi) is 14.8. The minimum atomic E-state index is 0.495. The predicted molar refractivity (Wildman–Crippen MR) is 339 cm³/mol. The smallest absolute Gasteiger partial charge is 0.200 e. The third kappa shape index (κ3) is 10.5. The SMILES string of the molecule is Cc1ccccc1-c1ccc(-c2ccc3c(c2)C2(CCCC2)CC3)c[n+]1C.Cc1ccccc1-c1ccc(-c2ccc3c(c2)CC2(CCCCC2)C3)c[n+]1C.Cc1ccccc1-c1ccc(-c2cccc3c2CC2(CCCC2)C3)c[n+]1C. The summed E-state index contributed by atoms with van der Waals surface area (Å²) < 4.78 is 6.83. The van der Waals surface area contributed by atoms with E-state index in [1.807, 2.05) is 0 Å². The Balaban J connectivity index is 0.000000115. The number of hydrogen-bond acceptors (Lipinski definition) is 0. The molecule has 82 heavy (non-hydrogen) atoms. The molecule has 0 bridgehead atoms. The van der Waals surface area contributed by atoms with E-state index in [2.05, 4.69) is 238 Å². The van der Waals surface area contributed by atoms with Gasteiger partial charge in [0.25, 0.3) is 0 Å². The van der Waals surface area contributed by atoms with Crippen LogP contribution in [0.1, 0.15) is 140 Å². The van der Waals surface area contributed by atoms with Crippen LogP contribution in [0, 0.1) is 31.6 Å². The highest BCUT2D eigenvalue weighted by Crippen LogP contribution is 2.53. The van der Waals surface area contributed by atoms with Crippen molar-refractivity contribution in [1.29, 1.82) is 0 Å². The van der Waals surface area contributed by atoms with Crippen molar-refractivity contribution < 1.29 is 13.7 Å². The lowest BCUT2D eigenvalue weighted by atomic mass is 9.72. The van der Waals surface area contributed by atoms with Crippen LogP contribution in [0.5, 0.6) is 0 Å². The Morgan fingerprint density at radius 3 is 1.29 bits per heavy atom. The van der Waals surface area contributed by atoms with E-state index < -0.39 is 0 Å². The monoisotopic (exact) mass is 1080 g/mol. The summed E-state index contributed by atoms with van der Waals surface area (Å²) in [6, 6.07) is 61.0. The average Bonchev–Trinajstić information content (AvgIpc) is 4.54. The highest BCUT2D eigenvalue weighted by molar-refractivity contribution is 5.72. The maximum absolute atomic E-state index is 2.51. The van der Waals surface area contributed by atoms with Crippen LogP contribution in [0.2, 0.25) is 0 Å². The van der Waals surface area contributed by atoms with E-state index in [-0.39, 0.29) is 0 Å². The molecular weight excluding hydrogens is 991 g/mol. The first-order valence-electron chi connectivity index (χ1n) is 31.5. The second-order valence-electron chi connectivity index (χ2n) is 26.4. The molecule has 6 aliphatic carbocycles. The summed E-state index contributed by atoms with van der Waals surface area (Å²) in [6.07, 6.45) is 33.1. The van der Waals surface area contributed by atoms with Crippen molar-refractivity contribution in [3.8, 4) is 67.2 Å². The number of nitrogens with zero attached hydrogens (tertiary/aromatic N) is 3. The summed E-state index contributed by atoms with van der Waals surface area (Å²) in [4.78, 5) is 0. The van der Waals surface area contributed by atoms with Gasteiger partial charge in [0, 0.05) is 51.6 Å². The van der Waals surface area contributed by atoms with E-state index in [9.17, 15) is 0 Å². The third-order valence-corrected chi connectivity index (χ3v) is 21.1. The van der Waals surface area contributed by atoms with Crippen molar-refractivity contribution in [2.45, 2.75) is 148 Å². The molecule has 3 heteroatoms. The molecule has 3 heterocycles. The molecule has 6 aliphatic rings. The standard InChI is InChI=1S/C27H30N.2C26H28N/c1-20-8-4-5-9-25(20)26-13-12-23(19-28(26)2)21-10-11-22-17-27(18-24(22)16-21)14-6-3-7-15-27;1-19-8-3-4-10-22(19)25-13-12-21(18-27(25)2)23-11-7-9-20-16-26(17-24(20)23)14-5-6-15-26;1-19-7-3-4-8-23(19)25-12-11-22(18-27(25)2)21-10-9-20-13-16-26(24(20)17-21)14-5-6-15-26/h4-5,8-13,16,19H,3,6-7,14-15,17-18H2,1-2H3;3-4,7-13,18H,5-6,14-17H2,1-2H3;3-4,7-12,17-18H,5-6,13-16H2,1-2H3/q3*+1. The Morgan fingerprint density at radius 2 is 0.744 bits per heavy atom. The van der Waals surface area contributed by atoms with Gasteiger partial charge in [-0.2, -0.15) is 0 Å². The molecule has 15 rings (SSSR count). The lowest BCUT2D eigenvalue weighted by Gasteiger charge is -2.33. The summed E-state index contributed by atoms with van der Waals surface area (Å²) in [5.74, 6) is 0.